The minimum absolute atomic E-state index is 0.0473. The van der Waals surface area contributed by atoms with Gasteiger partial charge in [-0.2, -0.15) is 0 Å². The molecule has 1 aliphatic carbocycles. The van der Waals surface area contributed by atoms with Crippen molar-refractivity contribution in [2.75, 3.05) is 58.4 Å². The second kappa shape index (κ2) is 11.0. The molecule has 3 aliphatic rings. The third kappa shape index (κ3) is 5.15. The molecule has 1 aromatic carbocycles. The number of carbonyl (C=O) groups excluding carboxylic acids is 1. The summed E-state index contributed by atoms with van der Waals surface area (Å²) in [5.41, 5.74) is 2.89. The van der Waals surface area contributed by atoms with Crippen molar-refractivity contribution in [3.05, 3.63) is 46.2 Å². The highest BCUT2D eigenvalue weighted by Gasteiger charge is 2.29. The molecule has 1 saturated carbocycles. The van der Waals surface area contributed by atoms with Crippen molar-refractivity contribution < 1.29 is 14.3 Å². The van der Waals surface area contributed by atoms with Gasteiger partial charge in [-0.05, 0) is 48.6 Å². The van der Waals surface area contributed by atoms with E-state index < -0.39 is 0 Å². The summed E-state index contributed by atoms with van der Waals surface area (Å²) in [5.74, 6) is 1.79. The lowest BCUT2D eigenvalue weighted by Crippen LogP contribution is -2.52. The molecule has 1 aromatic heterocycles. The van der Waals surface area contributed by atoms with Gasteiger partial charge in [-0.15, -0.1) is 0 Å². The summed E-state index contributed by atoms with van der Waals surface area (Å²) in [6, 6.07) is 4.39. The number of nitrogens with zero attached hydrogens (tertiary/aromatic N) is 5. The van der Waals surface area contributed by atoms with Crippen molar-refractivity contribution in [3.8, 4) is 11.5 Å². The number of halogens is 1. The minimum Gasteiger partial charge on any atom is -0.493 e. The Kier molecular flexibility index (Phi) is 7.62. The maximum absolute atomic E-state index is 13.0. The van der Waals surface area contributed by atoms with Crippen LogP contribution in [0.25, 0.3) is 6.08 Å². The highest BCUT2D eigenvalue weighted by molar-refractivity contribution is 6.33. The van der Waals surface area contributed by atoms with E-state index in [0.29, 0.717) is 35.2 Å². The van der Waals surface area contributed by atoms with E-state index in [4.69, 9.17) is 26.1 Å². The molecule has 192 valence electrons. The van der Waals surface area contributed by atoms with Crippen LogP contribution in [-0.4, -0.2) is 85.2 Å². The summed E-state index contributed by atoms with van der Waals surface area (Å²) >= 11 is 6.46. The molecule has 0 bridgehead atoms. The molecule has 1 saturated heterocycles. The lowest BCUT2D eigenvalue weighted by Gasteiger charge is -2.43. The number of piperazine rings is 1. The van der Waals surface area contributed by atoms with E-state index in [0.717, 1.165) is 62.3 Å². The lowest BCUT2D eigenvalue weighted by molar-refractivity contribution is -0.125. The minimum atomic E-state index is -0.0473. The first-order valence-corrected chi connectivity index (χ1v) is 13.2. The van der Waals surface area contributed by atoms with Crippen molar-refractivity contribution >= 4 is 29.5 Å². The van der Waals surface area contributed by atoms with Crippen LogP contribution in [0.3, 0.4) is 0 Å². The molecule has 0 atom stereocenters. The fourth-order valence-electron chi connectivity index (χ4n) is 5.18. The highest BCUT2D eigenvalue weighted by Crippen LogP contribution is 2.37. The summed E-state index contributed by atoms with van der Waals surface area (Å²) in [7, 11) is 3.11. The summed E-state index contributed by atoms with van der Waals surface area (Å²) in [5, 5.41) is 0.417. The number of benzene rings is 1. The molecular weight excluding hydrogens is 478 g/mol. The molecule has 3 heterocycles. The van der Waals surface area contributed by atoms with Crippen LogP contribution in [0, 0.1) is 0 Å². The van der Waals surface area contributed by atoms with E-state index in [-0.39, 0.29) is 5.91 Å². The molecule has 2 aromatic rings. The zero-order chi connectivity index (χ0) is 25.1. The van der Waals surface area contributed by atoms with Crippen LogP contribution < -0.4 is 14.4 Å². The fourth-order valence-corrected chi connectivity index (χ4v) is 5.47. The first kappa shape index (κ1) is 24.8. The average molecular weight is 512 g/mol. The molecule has 9 heteroatoms. The topological polar surface area (TPSA) is 71.0 Å². The Bertz CT molecular complexity index is 1130. The summed E-state index contributed by atoms with van der Waals surface area (Å²) in [6.07, 6.45) is 10.8. The van der Waals surface area contributed by atoms with Crippen LogP contribution in [0.2, 0.25) is 5.02 Å². The summed E-state index contributed by atoms with van der Waals surface area (Å²) < 4.78 is 10.6. The number of hydrogen-bond donors (Lipinski definition) is 0. The Morgan fingerprint density at radius 1 is 1.06 bits per heavy atom. The standard InChI is InChI=1S/C27H34ClN5O3/c1-35-23-8-6-19(25(28)26(23)36-2)7-9-24(34)32-12-10-20-18-29-27(30-22(20)11-13-32)33-16-14-31(15-17-33)21-4-3-5-21/h6-9,18,21H,3-5,10-17H2,1-2H3/b9-7+. The molecule has 36 heavy (non-hydrogen) atoms. The SMILES string of the molecule is COc1ccc(/C=C/C(=O)N2CCc3cnc(N4CCN(C5CCC5)CC4)nc3CC2)c(Cl)c1OC. The molecule has 2 aliphatic heterocycles. The fraction of sp³-hybridized carbons (Fsp3) is 0.519. The van der Waals surface area contributed by atoms with Crippen molar-refractivity contribution in [2.45, 2.75) is 38.1 Å². The molecule has 0 spiro atoms. The van der Waals surface area contributed by atoms with E-state index in [1.807, 2.05) is 17.2 Å². The smallest absolute Gasteiger partial charge is 0.246 e. The zero-order valence-electron chi connectivity index (χ0n) is 21.1. The third-order valence-electron chi connectivity index (χ3n) is 7.63. The van der Waals surface area contributed by atoms with Gasteiger partial charge < -0.3 is 19.3 Å². The number of ether oxygens (including phenoxy) is 2. The third-order valence-corrected chi connectivity index (χ3v) is 8.02. The first-order chi connectivity index (χ1) is 17.6. The maximum Gasteiger partial charge on any atom is 0.246 e. The predicted molar refractivity (Wildman–Crippen MR) is 141 cm³/mol. The second-order valence-electron chi connectivity index (χ2n) is 9.61. The van der Waals surface area contributed by atoms with Gasteiger partial charge in [0.15, 0.2) is 11.5 Å². The Hall–Kier alpha value is -2.84. The molecule has 8 nitrogen and oxygen atoms in total. The highest BCUT2D eigenvalue weighted by atomic mass is 35.5. The van der Waals surface area contributed by atoms with Gasteiger partial charge >= 0.3 is 0 Å². The molecule has 0 N–H and O–H groups in total. The number of rotatable bonds is 6. The van der Waals surface area contributed by atoms with Crippen molar-refractivity contribution in [1.29, 1.82) is 0 Å². The quantitative estimate of drug-likeness (QED) is 0.550. The van der Waals surface area contributed by atoms with Crippen LogP contribution >= 0.6 is 11.6 Å². The van der Waals surface area contributed by atoms with E-state index >= 15 is 0 Å². The number of amides is 1. The van der Waals surface area contributed by atoms with Crippen LogP contribution in [0.5, 0.6) is 11.5 Å². The Balaban J connectivity index is 1.20. The number of carbonyl (C=O) groups is 1. The predicted octanol–water partition coefficient (Wildman–Crippen LogP) is 3.46. The lowest BCUT2D eigenvalue weighted by atomic mass is 9.91. The van der Waals surface area contributed by atoms with Gasteiger partial charge in [0.25, 0.3) is 0 Å². The first-order valence-electron chi connectivity index (χ1n) is 12.8. The Morgan fingerprint density at radius 3 is 2.53 bits per heavy atom. The molecule has 2 fully saturated rings. The van der Waals surface area contributed by atoms with E-state index in [1.165, 1.54) is 19.3 Å². The normalized spacial score (nSPS) is 19.1. The summed E-state index contributed by atoms with van der Waals surface area (Å²) in [4.78, 5) is 29.4. The van der Waals surface area contributed by atoms with Crippen molar-refractivity contribution in [2.24, 2.45) is 0 Å². The Morgan fingerprint density at radius 2 is 1.83 bits per heavy atom. The maximum atomic E-state index is 13.0. The van der Waals surface area contributed by atoms with Gasteiger partial charge in [-0.1, -0.05) is 18.0 Å². The van der Waals surface area contributed by atoms with E-state index in [9.17, 15) is 4.79 Å². The largest absolute Gasteiger partial charge is 0.493 e. The molecular formula is C27H34ClN5O3. The number of anilines is 1. The van der Waals surface area contributed by atoms with Gasteiger partial charge in [0.1, 0.15) is 0 Å². The van der Waals surface area contributed by atoms with Gasteiger partial charge in [0, 0.05) is 64.0 Å². The molecule has 1 amide bonds. The van der Waals surface area contributed by atoms with Gasteiger partial charge in [0.2, 0.25) is 11.9 Å². The van der Waals surface area contributed by atoms with Crippen molar-refractivity contribution in [3.63, 3.8) is 0 Å². The van der Waals surface area contributed by atoms with Crippen molar-refractivity contribution in [1.82, 2.24) is 19.8 Å². The molecule has 5 rings (SSSR count). The van der Waals surface area contributed by atoms with Gasteiger partial charge in [0.05, 0.1) is 24.9 Å². The summed E-state index contributed by atoms with van der Waals surface area (Å²) in [6.45, 7) is 5.39. The van der Waals surface area contributed by atoms with Crippen LogP contribution in [0.15, 0.2) is 24.4 Å². The monoisotopic (exact) mass is 511 g/mol. The molecule has 0 radical (unpaired) electrons. The number of hydrogen-bond acceptors (Lipinski definition) is 7. The second-order valence-corrected chi connectivity index (χ2v) is 9.99. The van der Waals surface area contributed by atoms with Crippen LogP contribution in [0.4, 0.5) is 5.95 Å². The zero-order valence-corrected chi connectivity index (χ0v) is 21.8. The number of aromatic nitrogens is 2. The van der Waals surface area contributed by atoms with Gasteiger partial charge in [-0.3, -0.25) is 9.69 Å². The van der Waals surface area contributed by atoms with E-state index in [2.05, 4.69) is 14.8 Å². The van der Waals surface area contributed by atoms with Gasteiger partial charge in [-0.25, -0.2) is 9.97 Å². The average Bonchev–Trinajstić information content (AvgIpc) is 3.09. The van der Waals surface area contributed by atoms with Crippen LogP contribution in [0.1, 0.15) is 36.1 Å². The number of methoxy groups -OCH3 is 2. The van der Waals surface area contributed by atoms with E-state index in [1.54, 1.807) is 32.4 Å². The van der Waals surface area contributed by atoms with Crippen LogP contribution in [-0.2, 0) is 17.6 Å². The number of fused-ring (bicyclic) bond motifs is 1. The molecule has 0 unspecified atom stereocenters. The Labute approximate surface area is 217 Å².